The molecule has 0 spiro atoms. The third-order valence-electron chi connectivity index (χ3n) is 4.89. The molecule has 2 heterocycles. The van der Waals surface area contributed by atoms with E-state index in [2.05, 4.69) is 25.6 Å². The zero-order valence-corrected chi connectivity index (χ0v) is 19.7. The summed E-state index contributed by atoms with van der Waals surface area (Å²) >= 11 is 0.934. The summed E-state index contributed by atoms with van der Waals surface area (Å²) in [6.07, 6.45) is -2.38. The first-order chi connectivity index (χ1) is 17.2. The predicted octanol–water partition coefficient (Wildman–Crippen LogP) is 4.92. The lowest BCUT2D eigenvalue weighted by Gasteiger charge is -2.09. The fourth-order valence-corrected chi connectivity index (χ4v) is 4.07. The zero-order valence-electron chi connectivity index (χ0n) is 18.9. The van der Waals surface area contributed by atoms with E-state index in [-0.39, 0.29) is 23.6 Å². The van der Waals surface area contributed by atoms with Crippen LogP contribution >= 0.6 is 11.3 Å². The topological polar surface area (TPSA) is 127 Å². The van der Waals surface area contributed by atoms with Gasteiger partial charge in [-0.15, -0.1) is 0 Å². The summed E-state index contributed by atoms with van der Waals surface area (Å²) in [7, 11) is 1.50. The molecule has 0 bridgehead atoms. The van der Waals surface area contributed by atoms with E-state index in [1.165, 1.54) is 13.3 Å². The normalized spacial score (nSPS) is 13.2. The van der Waals surface area contributed by atoms with Gasteiger partial charge in [0.1, 0.15) is 6.61 Å². The number of aromatic nitrogens is 3. The Labute approximate surface area is 207 Å². The van der Waals surface area contributed by atoms with E-state index in [0.717, 1.165) is 24.2 Å². The molecule has 2 aromatic heterocycles. The molecular weight excluding hydrogens is 501 g/mol. The number of methoxy groups -OCH3 is 1. The molecule has 1 aromatic carbocycles. The van der Waals surface area contributed by atoms with Gasteiger partial charge >= 0.3 is 18.2 Å². The van der Waals surface area contributed by atoms with E-state index in [4.69, 9.17) is 9.47 Å². The molecule has 36 heavy (non-hydrogen) atoms. The van der Waals surface area contributed by atoms with Crippen molar-refractivity contribution in [3.8, 4) is 10.6 Å². The molecular formula is C22H21F3N6O4S. The van der Waals surface area contributed by atoms with Gasteiger partial charge in [0.05, 0.1) is 22.9 Å². The number of hydrogen-bond acceptors (Lipinski definition) is 9. The first-order valence-corrected chi connectivity index (χ1v) is 11.6. The number of amides is 2. The number of nitrogens with zero attached hydrogens (tertiary/aromatic N) is 3. The molecule has 1 fully saturated rings. The van der Waals surface area contributed by atoms with Crippen LogP contribution in [-0.4, -0.2) is 53.5 Å². The molecule has 0 radical (unpaired) electrons. The number of ether oxygens (including phenoxy) is 2. The van der Waals surface area contributed by atoms with Crippen LogP contribution in [0.2, 0.25) is 0 Å². The molecule has 3 aromatic rings. The molecule has 1 aliphatic carbocycles. The van der Waals surface area contributed by atoms with Crippen LogP contribution in [0.15, 0.2) is 36.5 Å². The van der Waals surface area contributed by atoms with E-state index >= 15 is 0 Å². The van der Waals surface area contributed by atoms with Crippen molar-refractivity contribution in [1.29, 1.82) is 0 Å². The molecule has 190 valence electrons. The van der Waals surface area contributed by atoms with Crippen molar-refractivity contribution in [3.63, 3.8) is 0 Å². The van der Waals surface area contributed by atoms with Gasteiger partial charge in [-0.3, -0.25) is 15.4 Å². The lowest BCUT2D eigenvalue weighted by molar-refractivity contribution is -0.167. The maximum atomic E-state index is 12.7. The molecule has 0 atom stereocenters. The number of alkyl halides is 3. The highest BCUT2D eigenvalue weighted by Gasteiger charge is 2.40. The number of anilines is 4. The second-order valence-corrected chi connectivity index (χ2v) is 8.68. The molecule has 0 saturated heterocycles. The lowest BCUT2D eigenvalue weighted by Crippen LogP contribution is -2.29. The number of nitrogens with one attached hydrogen (secondary N) is 3. The predicted molar refractivity (Wildman–Crippen MR) is 126 cm³/mol. The summed E-state index contributed by atoms with van der Waals surface area (Å²) in [5.41, 5.74) is 2.23. The summed E-state index contributed by atoms with van der Waals surface area (Å²) in [5, 5.41) is 7.32. The van der Waals surface area contributed by atoms with Crippen LogP contribution in [0.25, 0.3) is 10.6 Å². The first kappa shape index (κ1) is 25.3. The fraction of sp³-hybridized carbons (Fsp3) is 0.318. The smallest absolute Gasteiger partial charge is 0.447 e. The van der Waals surface area contributed by atoms with Crippen LogP contribution in [0.4, 0.5) is 40.4 Å². The van der Waals surface area contributed by atoms with Crippen molar-refractivity contribution >= 4 is 45.8 Å². The third kappa shape index (κ3) is 6.66. The first-order valence-electron chi connectivity index (χ1n) is 10.7. The third-order valence-corrected chi connectivity index (χ3v) is 5.90. The Morgan fingerprint density at radius 3 is 2.44 bits per heavy atom. The van der Waals surface area contributed by atoms with Crippen LogP contribution in [-0.2, 0) is 14.3 Å². The van der Waals surface area contributed by atoms with Crippen LogP contribution in [0.5, 0.6) is 0 Å². The SMILES string of the molecule is COCCOC(=O)Nc1ccc(Nc2nccc(-c3sc(NC(=O)C(F)(F)F)nc3C3CC3)n2)cc1. The summed E-state index contributed by atoms with van der Waals surface area (Å²) in [6.45, 7) is 0.427. The number of halogens is 3. The van der Waals surface area contributed by atoms with E-state index in [0.29, 0.717) is 34.2 Å². The lowest BCUT2D eigenvalue weighted by atomic mass is 10.2. The maximum absolute atomic E-state index is 12.7. The molecule has 3 N–H and O–H groups in total. The fourth-order valence-electron chi connectivity index (χ4n) is 3.05. The number of benzene rings is 1. The number of carbonyl (C=O) groups excluding carboxylic acids is 2. The molecule has 14 heteroatoms. The van der Waals surface area contributed by atoms with Gasteiger partial charge in [-0.2, -0.15) is 13.2 Å². The van der Waals surface area contributed by atoms with E-state index in [9.17, 15) is 22.8 Å². The van der Waals surface area contributed by atoms with Gasteiger partial charge in [0.15, 0.2) is 5.13 Å². The molecule has 4 rings (SSSR count). The van der Waals surface area contributed by atoms with E-state index in [1.807, 2.05) is 5.32 Å². The van der Waals surface area contributed by atoms with Gasteiger partial charge in [0.25, 0.3) is 0 Å². The van der Waals surface area contributed by atoms with E-state index in [1.54, 1.807) is 30.3 Å². The molecule has 10 nitrogen and oxygen atoms in total. The number of rotatable bonds is 9. The van der Waals surface area contributed by atoms with Crippen molar-refractivity contribution in [2.24, 2.45) is 0 Å². The van der Waals surface area contributed by atoms with Crippen molar-refractivity contribution in [3.05, 3.63) is 42.2 Å². The average Bonchev–Trinajstić information content (AvgIpc) is 3.60. The molecule has 1 aliphatic rings. The summed E-state index contributed by atoms with van der Waals surface area (Å²) in [5.74, 6) is -1.71. The van der Waals surface area contributed by atoms with Crippen molar-refractivity contribution in [1.82, 2.24) is 15.0 Å². The Hall–Kier alpha value is -3.78. The second kappa shape index (κ2) is 10.9. The average molecular weight is 523 g/mol. The van der Waals surface area contributed by atoms with Gasteiger partial charge in [0.2, 0.25) is 5.95 Å². The van der Waals surface area contributed by atoms with Crippen LogP contribution < -0.4 is 16.0 Å². The summed E-state index contributed by atoms with van der Waals surface area (Å²) in [6, 6.07) is 8.35. The molecule has 2 amide bonds. The molecule has 0 unspecified atom stereocenters. The van der Waals surface area contributed by atoms with Crippen LogP contribution in [0.1, 0.15) is 24.5 Å². The van der Waals surface area contributed by atoms with Crippen molar-refractivity contribution < 1.29 is 32.2 Å². The molecule has 1 saturated carbocycles. The van der Waals surface area contributed by atoms with Gasteiger partial charge in [-0.05, 0) is 43.2 Å². The van der Waals surface area contributed by atoms with Gasteiger partial charge < -0.3 is 14.8 Å². The van der Waals surface area contributed by atoms with Crippen LogP contribution in [0.3, 0.4) is 0 Å². The summed E-state index contributed by atoms with van der Waals surface area (Å²) < 4.78 is 47.7. The van der Waals surface area contributed by atoms with Crippen LogP contribution in [0, 0.1) is 0 Å². The molecule has 0 aliphatic heterocycles. The van der Waals surface area contributed by atoms with Gasteiger partial charge in [-0.1, -0.05) is 11.3 Å². The Kier molecular flexibility index (Phi) is 7.64. The highest BCUT2D eigenvalue weighted by molar-refractivity contribution is 7.19. The zero-order chi connectivity index (χ0) is 25.7. The number of hydrogen-bond donors (Lipinski definition) is 3. The highest BCUT2D eigenvalue weighted by Crippen LogP contribution is 2.47. The second-order valence-electron chi connectivity index (χ2n) is 7.68. The quantitative estimate of drug-likeness (QED) is 0.338. The largest absolute Gasteiger partial charge is 0.471 e. The highest BCUT2D eigenvalue weighted by atomic mass is 32.1. The monoisotopic (exact) mass is 522 g/mol. The van der Waals surface area contributed by atoms with Gasteiger partial charge in [0, 0.05) is 30.6 Å². The van der Waals surface area contributed by atoms with E-state index < -0.39 is 18.2 Å². The Bertz CT molecular complexity index is 1230. The van der Waals surface area contributed by atoms with Gasteiger partial charge in [-0.25, -0.2) is 19.7 Å². The maximum Gasteiger partial charge on any atom is 0.471 e. The van der Waals surface area contributed by atoms with Crippen molar-refractivity contribution in [2.45, 2.75) is 24.9 Å². The minimum Gasteiger partial charge on any atom is -0.447 e. The summed E-state index contributed by atoms with van der Waals surface area (Å²) in [4.78, 5) is 36.5. The van der Waals surface area contributed by atoms with Crippen molar-refractivity contribution in [2.75, 3.05) is 36.3 Å². The number of thiazole rings is 1. The Balaban J connectivity index is 1.45. The minimum atomic E-state index is -5.01. The Morgan fingerprint density at radius 2 is 1.78 bits per heavy atom. The minimum absolute atomic E-state index is 0.111. The Morgan fingerprint density at radius 1 is 1.06 bits per heavy atom. The standard InChI is InChI=1S/C22H21F3N6O4S/c1-34-10-11-35-21(33)28-14-6-4-13(5-7-14)27-19-26-9-8-15(29-19)17-16(12-2-3-12)30-20(36-17)31-18(32)22(23,24)25/h4-9,12H,2-3,10-11H2,1H3,(H,28,33)(H,26,27,29)(H,30,31,32). The number of carbonyl (C=O) groups is 2.